The average Bonchev–Trinajstić information content (AvgIpc) is 2.65. The molecule has 0 saturated heterocycles. The van der Waals surface area contributed by atoms with E-state index in [0.29, 0.717) is 24.5 Å². The van der Waals surface area contributed by atoms with E-state index in [0.717, 1.165) is 23.3 Å². The Balaban J connectivity index is 2.23. The normalized spacial score (nSPS) is 15.4. The Morgan fingerprint density at radius 2 is 2.38 bits per heavy atom. The van der Waals surface area contributed by atoms with E-state index in [1.54, 1.807) is 6.08 Å². The molecule has 0 amide bonds. The second-order valence-corrected chi connectivity index (χ2v) is 4.47. The van der Waals surface area contributed by atoms with Gasteiger partial charge in [-0.05, 0) is 29.7 Å². The van der Waals surface area contributed by atoms with E-state index in [1.165, 1.54) is 0 Å². The van der Waals surface area contributed by atoms with E-state index < -0.39 is 6.10 Å². The molecule has 0 aliphatic carbocycles. The summed E-state index contributed by atoms with van der Waals surface area (Å²) in [7, 11) is 0. The van der Waals surface area contributed by atoms with E-state index in [1.807, 2.05) is 12.1 Å². The van der Waals surface area contributed by atoms with Crippen LogP contribution in [0.5, 0.6) is 5.75 Å². The van der Waals surface area contributed by atoms with E-state index in [4.69, 9.17) is 16.3 Å². The SMILES string of the molecule is C=CCC(O)Cc1cc(Cl)cc2c1OCC2. The van der Waals surface area contributed by atoms with Crippen molar-refractivity contribution in [3.63, 3.8) is 0 Å². The highest BCUT2D eigenvalue weighted by atomic mass is 35.5. The Morgan fingerprint density at radius 3 is 3.12 bits per heavy atom. The lowest BCUT2D eigenvalue weighted by molar-refractivity contribution is 0.177. The highest BCUT2D eigenvalue weighted by Crippen LogP contribution is 2.33. The molecule has 0 saturated carbocycles. The van der Waals surface area contributed by atoms with Gasteiger partial charge in [0, 0.05) is 17.9 Å². The minimum absolute atomic E-state index is 0.413. The summed E-state index contributed by atoms with van der Waals surface area (Å²) in [6, 6.07) is 3.81. The largest absolute Gasteiger partial charge is 0.493 e. The summed E-state index contributed by atoms with van der Waals surface area (Å²) in [6.45, 7) is 4.32. The van der Waals surface area contributed by atoms with E-state index in [9.17, 15) is 5.11 Å². The number of hydrogen-bond donors (Lipinski definition) is 1. The Kier molecular flexibility index (Phi) is 3.52. The first-order valence-corrected chi connectivity index (χ1v) is 5.81. The first-order valence-electron chi connectivity index (χ1n) is 5.43. The van der Waals surface area contributed by atoms with Gasteiger partial charge in [-0.1, -0.05) is 17.7 Å². The zero-order chi connectivity index (χ0) is 11.5. The molecule has 1 atom stereocenters. The van der Waals surface area contributed by atoms with E-state index in [2.05, 4.69) is 6.58 Å². The van der Waals surface area contributed by atoms with Crippen molar-refractivity contribution in [2.45, 2.75) is 25.4 Å². The third-order valence-electron chi connectivity index (χ3n) is 2.72. The third kappa shape index (κ3) is 2.39. The summed E-state index contributed by atoms with van der Waals surface area (Å²) >= 11 is 6.03. The summed E-state index contributed by atoms with van der Waals surface area (Å²) < 4.78 is 5.57. The predicted octanol–water partition coefficient (Wildman–Crippen LogP) is 2.75. The van der Waals surface area contributed by atoms with Crippen molar-refractivity contribution in [3.8, 4) is 5.75 Å². The molecule has 1 unspecified atom stereocenters. The zero-order valence-corrected chi connectivity index (χ0v) is 9.83. The van der Waals surface area contributed by atoms with Crippen LogP contribution in [0, 0.1) is 0 Å². The van der Waals surface area contributed by atoms with Gasteiger partial charge < -0.3 is 9.84 Å². The highest BCUT2D eigenvalue weighted by molar-refractivity contribution is 6.30. The molecule has 2 rings (SSSR count). The van der Waals surface area contributed by atoms with Crippen molar-refractivity contribution >= 4 is 11.6 Å². The first kappa shape index (κ1) is 11.5. The van der Waals surface area contributed by atoms with Gasteiger partial charge in [-0.25, -0.2) is 0 Å². The molecule has 0 bridgehead atoms. The molecule has 16 heavy (non-hydrogen) atoms. The number of hydrogen-bond acceptors (Lipinski definition) is 2. The van der Waals surface area contributed by atoms with Gasteiger partial charge in [0.15, 0.2) is 0 Å². The summed E-state index contributed by atoms with van der Waals surface area (Å²) in [5.74, 6) is 0.910. The molecule has 1 aromatic carbocycles. The van der Waals surface area contributed by atoms with Crippen LogP contribution in [0.4, 0.5) is 0 Å². The number of aliphatic hydroxyl groups excluding tert-OH is 1. The summed E-state index contributed by atoms with van der Waals surface area (Å²) in [4.78, 5) is 0. The maximum absolute atomic E-state index is 9.75. The summed E-state index contributed by atoms with van der Waals surface area (Å²) in [5.41, 5.74) is 2.14. The Hall–Kier alpha value is -0.990. The fourth-order valence-electron chi connectivity index (χ4n) is 2.03. The molecule has 0 spiro atoms. The minimum atomic E-state index is -0.413. The van der Waals surface area contributed by atoms with Crippen LogP contribution in [0.1, 0.15) is 17.5 Å². The lowest BCUT2D eigenvalue weighted by atomic mass is 10.0. The fraction of sp³-hybridized carbons (Fsp3) is 0.385. The Morgan fingerprint density at radius 1 is 1.56 bits per heavy atom. The van der Waals surface area contributed by atoms with Crippen LogP contribution in [0.3, 0.4) is 0 Å². The molecule has 2 nitrogen and oxygen atoms in total. The van der Waals surface area contributed by atoms with Gasteiger partial charge in [-0.3, -0.25) is 0 Å². The number of rotatable bonds is 4. The van der Waals surface area contributed by atoms with Gasteiger partial charge in [0.2, 0.25) is 0 Å². The maximum atomic E-state index is 9.75. The second kappa shape index (κ2) is 4.89. The summed E-state index contributed by atoms with van der Waals surface area (Å²) in [5, 5.41) is 10.5. The van der Waals surface area contributed by atoms with Crippen molar-refractivity contribution < 1.29 is 9.84 Å². The van der Waals surface area contributed by atoms with Gasteiger partial charge in [0.1, 0.15) is 5.75 Å². The molecular weight excluding hydrogens is 224 g/mol. The van der Waals surface area contributed by atoms with E-state index in [-0.39, 0.29) is 0 Å². The van der Waals surface area contributed by atoms with Crippen molar-refractivity contribution in [2.75, 3.05) is 6.61 Å². The number of ether oxygens (including phenoxy) is 1. The highest BCUT2D eigenvalue weighted by Gasteiger charge is 2.18. The number of benzene rings is 1. The van der Waals surface area contributed by atoms with Crippen molar-refractivity contribution in [3.05, 3.63) is 40.9 Å². The van der Waals surface area contributed by atoms with Gasteiger partial charge in [-0.2, -0.15) is 0 Å². The minimum Gasteiger partial charge on any atom is -0.493 e. The van der Waals surface area contributed by atoms with Crippen LogP contribution in [0.15, 0.2) is 24.8 Å². The van der Waals surface area contributed by atoms with Gasteiger partial charge in [0.25, 0.3) is 0 Å². The van der Waals surface area contributed by atoms with E-state index >= 15 is 0 Å². The molecule has 0 radical (unpaired) electrons. The molecule has 0 aromatic heterocycles. The van der Waals surface area contributed by atoms with Crippen LogP contribution in [0.25, 0.3) is 0 Å². The topological polar surface area (TPSA) is 29.5 Å². The zero-order valence-electron chi connectivity index (χ0n) is 9.08. The lowest BCUT2D eigenvalue weighted by Gasteiger charge is -2.12. The van der Waals surface area contributed by atoms with Crippen LogP contribution < -0.4 is 4.74 Å². The van der Waals surface area contributed by atoms with Crippen molar-refractivity contribution in [1.82, 2.24) is 0 Å². The first-order chi connectivity index (χ1) is 7.70. The molecule has 1 heterocycles. The Bertz CT molecular complexity index is 401. The monoisotopic (exact) mass is 238 g/mol. The molecule has 1 N–H and O–H groups in total. The van der Waals surface area contributed by atoms with Crippen molar-refractivity contribution in [2.24, 2.45) is 0 Å². The molecule has 1 aromatic rings. The molecule has 3 heteroatoms. The van der Waals surface area contributed by atoms with Gasteiger partial charge >= 0.3 is 0 Å². The second-order valence-electron chi connectivity index (χ2n) is 4.03. The molecule has 1 aliphatic rings. The molecule has 0 fully saturated rings. The number of fused-ring (bicyclic) bond motifs is 1. The molecule has 1 aliphatic heterocycles. The third-order valence-corrected chi connectivity index (χ3v) is 2.94. The average molecular weight is 239 g/mol. The van der Waals surface area contributed by atoms with Gasteiger partial charge in [-0.15, -0.1) is 6.58 Å². The quantitative estimate of drug-likeness (QED) is 0.818. The van der Waals surface area contributed by atoms with Crippen LogP contribution in [0.2, 0.25) is 5.02 Å². The molecular formula is C13H15ClO2. The number of aliphatic hydroxyl groups is 1. The summed E-state index contributed by atoms with van der Waals surface area (Å²) in [6.07, 6.45) is 3.36. The van der Waals surface area contributed by atoms with Crippen LogP contribution >= 0.6 is 11.6 Å². The number of halogens is 1. The Labute approximate surface area is 101 Å². The maximum Gasteiger partial charge on any atom is 0.126 e. The van der Waals surface area contributed by atoms with Crippen LogP contribution in [-0.2, 0) is 12.8 Å². The van der Waals surface area contributed by atoms with Crippen molar-refractivity contribution in [1.29, 1.82) is 0 Å². The smallest absolute Gasteiger partial charge is 0.126 e. The van der Waals surface area contributed by atoms with Crippen LogP contribution in [-0.4, -0.2) is 17.8 Å². The predicted molar refractivity (Wildman–Crippen MR) is 65.2 cm³/mol. The fourth-order valence-corrected chi connectivity index (χ4v) is 2.29. The van der Waals surface area contributed by atoms with Gasteiger partial charge in [0.05, 0.1) is 12.7 Å². The molecule has 86 valence electrons. The standard InChI is InChI=1S/C13H15ClO2/c1-2-3-12(15)8-10-7-11(14)6-9-4-5-16-13(9)10/h2,6-7,12,15H,1,3-5,8H2. The lowest BCUT2D eigenvalue weighted by Crippen LogP contribution is -2.09.